The van der Waals surface area contributed by atoms with E-state index in [9.17, 15) is 4.39 Å². The van der Waals surface area contributed by atoms with E-state index in [1.165, 1.54) is 12.1 Å². The molecule has 1 aliphatic rings. The molecule has 4 nitrogen and oxygen atoms in total. The molecule has 1 fully saturated rings. The molecule has 0 aliphatic carbocycles. The number of nitrogens with one attached hydrogen (secondary N) is 1. The fourth-order valence-electron chi connectivity index (χ4n) is 2.09. The number of thioether (sulfide) groups is 1. The summed E-state index contributed by atoms with van der Waals surface area (Å²) in [5.74, 6) is 2.91. The van der Waals surface area contributed by atoms with Crippen LogP contribution in [0.4, 0.5) is 4.39 Å². The fraction of sp³-hybridized carbons (Fsp3) is 0.385. The van der Waals surface area contributed by atoms with Gasteiger partial charge in [0.25, 0.3) is 0 Å². The first-order valence-electron chi connectivity index (χ1n) is 6.15. The van der Waals surface area contributed by atoms with Crippen LogP contribution in [0.5, 0.6) is 0 Å². The predicted octanol–water partition coefficient (Wildman–Crippen LogP) is 2.56. The van der Waals surface area contributed by atoms with Crippen molar-refractivity contribution in [3.63, 3.8) is 0 Å². The van der Waals surface area contributed by atoms with Gasteiger partial charge in [-0.1, -0.05) is 5.16 Å². The van der Waals surface area contributed by atoms with E-state index in [-0.39, 0.29) is 11.9 Å². The molecule has 0 saturated carbocycles. The molecule has 0 spiro atoms. The molecule has 3 rings (SSSR count). The van der Waals surface area contributed by atoms with Gasteiger partial charge in [0.15, 0.2) is 0 Å². The number of hydrogen-bond acceptors (Lipinski definition) is 5. The van der Waals surface area contributed by atoms with Crippen molar-refractivity contribution in [3.8, 4) is 11.4 Å². The number of benzene rings is 1. The second-order valence-electron chi connectivity index (χ2n) is 4.50. The van der Waals surface area contributed by atoms with Crippen molar-refractivity contribution in [2.75, 3.05) is 18.1 Å². The van der Waals surface area contributed by atoms with E-state index in [0.717, 1.165) is 29.2 Å². The third-order valence-electron chi connectivity index (χ3n) is 3.09. The van der Waals surface area contributed by atoms with Crippen molar-refractivity contribution in [2.45, 2.75) is 13.0 Å². The molecule has 1 aliphatic heterocycles. The molecule has 1 unspecified atom stereocenters. The summed E-state index contributed by atoms with van der Waals surface area (Å²) in [6.07, 6.45) is 0. The maximum Gasteiger partial charge on any atom is 0.244 e. The lowest BCUT2D eigenvalue weighted by Gasteiger charge is -2.19. The summed E-state index contributed by atoms with van der Waals surface area (Å²) < 4.78 is 18.4. The monoisotopic (exact) mass is 279 g/mol. The Balaban J connectivity index is 1.87. The average molecular weight is 279 g/mol. The first-order chi connectivity index (χ1) is 9.24. The van der Waals surface area contributed by atoms with E-state index >= 15 is 0 Å². The Kier molecular flexibility index (Phi) is 3.52. The van der Waals surface area contributed by atoms with Gasteiger partial charge < -0.3 is 9.84 Å². The summed E-state index contributed by atoms with van der Waals surface area (Å²) in [6.45, 7) is 2.78. The summed E-state index contributed by atoms with van der Waals surface area (Å²) in [7, 11) is 0. The Hall–Kier alpha value is -1.40. The molecule has 1 atom stereocenters. The van der Waals surface area contributed by atoms with E-state index in [4.69, 9.17) is 4.52 Å². The fourth-order valence-corrected chi connectivity index (χ4v) is 3.01. The molecule has 0 radical (unpaired) electrons. The number of hydrogen-bond donors (Lipinski definition) is 1. The number of aryl methyl sites for hydroxylation is 1. The molecule has 19 heavy (non-hydrogen) atoms. The first-order valence-corrected chi connectivity index (χ1v) is 7.31. The van der Waals surface area contributed by atoms with Crippen molar-refractivity contribution in [1.29, 1.82) is 0 Å². The largest absolute Gasteiger partial charge is 0.337 e. The molecule has 100 valence electrons. The van der Waals surface area contributed by atoms with Gasteiger partial charge >= 0.3 is 0 Å². The van der Waals surface area contributed by atoms with E-state index in [0.29, 0.717) is 11.7 Å². The van der Waals surface area contributed by atoms with Crippen LogP contribution < -0.4 is 5.32 Å². The minimum Gasteiger partial charge on any atom is -0.337 e. The topological polar surface area (TPSA) is 51.0 Å². The van der Waals surface area contributed by atoms with E-state index in [2.05, 4.69) is 15.5 Å². The molecule has 1 aromatic carbocycles. The first kappa shape index (κ1) is 12.6. The van der Waals surface area contributed by atoms with Gasteiger partial charge in [0.2, 0.25) is 11.7 Å². The van der Waals surface area contributed by atoms with Crippen LogP contribution in [0.15, 0.2) is 22.7 Å². The second kappa shape index (κ2) is 5.30. The summed E-state index contributed by atoms with van der Waals surface area (Å²) in [4.78, 5) is 4.42. The lowest BCUT2D eigenvalue weighted by molar-refractivity contribution is 0.342. The Morgan fingerprint density at radius 3 is 3.11 bits per heavy atom. The molecule has 1 saturated heterocycles. The van der Waals surface area contributed by atoms with Crippen molar-refractivity contribution >= 4 is 11.8 Å². The number of rotatable bonds is 2. The lowest BCUT2D eigenvalue weighted by atomic mass is 10.1. The van der Waals surface area contributed by atoms with Crippen molar-refractivity contribution in [1.82, 2.24) is 15.5 Å². The van der Waals surface area contributed by atoms with Crippen LogP contribution in [0, 0.1) is 12.7 Å². The summed E-state index contributed by atoms with van der Waals surface area (Å²) in [5.41, 5.74) is 1.61. The van der Waals surface area contributed by atoms with Crippen LogP contribution >= 0.6 is 11.8 Å². The Morgan fingerprint density at radius 1 is 1.47 bits per heavy atom. The SMILES string of the molecule is Cc1cc(F)ccc1-c1noc(C2CSCCN2)n1. The van der Waals surface area contributed by atoms with Crippen LogP contribution in [0.1, 0.15) is 17.5 Å². The normalized spacial score (nSPS) is 19.6. The average Bonchev–Trinajstić information content (AvgIpc) is 2.89. The van der Waals surface area contributed by atoms with Crippen LogP contribution in [0.2, 0.25) is 0 Å². The summed E-state index contributed by atoms with van der Waals surface area (Å²) in [6, 6.07) is 4.68. The van der Waals surface area contributed by atoms with Crippen molar-refractivity contribution < 1.29 is 8.91 Å². The van der Waals surface area contributed by atoms with Gasteiger partial charge in [0.05, 0.1) is 6.04 Å². The highest BCUT2D eigenvalue weighted by atomic mass is 32.2. The zero-order valence-corrected chi connectivity index (χ0v) is 11.3. The molecule has 2 heterocycles. The third kappa shape index (κ3) is 2.64. The van der Waals surface area contributed by atoms with Crippen LogP contribution in [0.25, 0.3) is 11.4 Å². The lowest BCUT2D eigenvalue weighted by Crippen LogP contribution is -2.30. The molecule has 0 bridgehead atoms. The number of halogens is 1. The van der Waals surface area contributed by atoms with Gasteiger partial charge in [0.1, 0.15) is 5.82 Å². The highest BCUT2D eigenvalue weighted by Gasteiger charge is 2.22. The number of aromatic nitrogens is 2. The maximum absolute atomic E-state index is 13.1. The quantitative estimate of drug-likeness (QED) is 0.915. The Bertz CT molecular complexity index is 581. The summed E-state index contributed by atoms with van der Waals surface area (Å²) >= 11 is 1.87. The standard InChI is InChI=1S/C13H14FN3OS/c1-8-6-9(14)2-3-10(8)12-16-13(18-17-12)11-7-19-5-4-15-11/h2-3,6,11,15H,4-5,7H2,1H3. The van der Waals surface area contributed by atoms with Gasteiger partial charge in [0, 0.05) is 23.6 Å². The minimum absolute atomic E-state index is 0.112. The van der Waals surface area contributed by atoms with Crippen molar-refractivity contribution in [3.05, 3.63) is 35.5 Å². The Morgan fingerprint density at radius 2 is 2.37 bits per heavy atom. The van der Waals surface area contributed by atoms with Gasteiger partial charge in [-0.15, -0.1) is 0 Å². The number of nitrogens with zero attached hydrogens (tertiary/aromatic N) is 2. The molecular formula is C13H14FN3OS. The van der Waals surface area contributed by atoms with Crippen LogP contribution in [0.3, 0.4) is 0 Å². The molecule has 1 N–H and O–H groups in total. The molecule has 2 aromatic rings. The Labute approximate surface area is 114 Å². The second-order valence-corrected chi connectivity index (χ2v) is 5.65. The van der Waals surface area contributed by atoms with Gasteiger partial charge in [-0.25, -0.2) is 4.39 Å². The maximum atomic E-state index is 13.1. The van der Waals surface area contributed by atoms with E-state index in [1.54, 1.807) is 6.07 Å². The van der Waals surface area contributed by atoms with Crippen LogP contribution in [-0.2, 0) is 0 Å². The van der Waals surface area contributed by atoms with E-state index in [1.807, 2.05) is 18.7 Å². The minimum atomic E-state index is -0.254. The third-order valence-corrected chi connectivity index (χ3v) is 4.15. The molecule has 1 aromatic heterocycles. The molecule has 0 amide bonds. The summed E-state index contributed by atoms with van der Waals surface area (Å²) in [5, 5.41) is 7.34. The smallest absolute Gasteiger partial charge is 0.244 e. The van der Waals surface area contributed by atoms with Gasteiger partial charge in [-0.3, -0.25) is 0 Å². The molecular weight excluding hydrogens is 265 g/mol. The van der Waals surface area contributed by atoms with Gasteiger partial charge in [-0.2, -0.15) is 16.7 Å². The highest BCUT2D eigenvalue weighted by Crippen LogP contribution is 2.25. The molecule has 6 heteroatoms. The van der Waals surface area contributed by atoms with Crippen molar-refractivity contribution in [2.24, 2.45) is 0 Å². The van der Waals surface area contributed by atoms with Gasteiger partial charge in [-0.05, 0) is 30.7 Å². The highest BCUT2D eigenvalue weighted by molar-refractivity contribution is 7.99. The zero-order valence-electron chi connectivity index (χ0n) is 10.5. The van der Waals surface area contributed by atoms with Crippen LogP contribution in [-0.4, -0.2) is 28.2 Å². The zero-order chi connectivity index (χ0) is 13.2. The van der Waals surface area contributed by atoms with E-state index < -0.39 is 0 Å². The predicted molar refractivity (Wildman–Crippen MR) is 72.5 cm³/mol.